The molecule has 82 valence electrons. The van der Waals surface area contributed by atoms with Gasteiger partial charge in [0.15, 0.2) is 0 Å². The van der Waals surface area contributed by atoms with E-state index in [1.165, 1.54) is 12.8 Å². The predicted octanol–water partition coefficient (Wildman–Crippen LogP) is 3.16. The van der Waals surface area contributed by atoms with E-state index in [0.29, 0.717) is 11.1 Å². The van der Waals surface area contributed by atoms with Crippen LogP contribution in [0.3, 0.4) is 0 Å². The Balaban J connectivity index is 1.94. The Bertz CT molecular complexity index is 335. The van der Waals surface area contributed by atoms with Crippen molar-refractivity contribution in [3.63, 3.8) is 0 Å². The van der Waals surface area contributed by atoms with Gasteiger partial charge >= 0.3 is 0 Å². The summed E-state index contributed by atoms with van der Waals surface area (Å²) in [5, 5.41) is 8.17. The van der Waals surface area contributed by atoms with Gasteiger partial charge in [-0.25, -0.2) is 0 Å². The van der Waals surface area contributed by atoms with Crippen molar-refractivity contribution in [1.29, 1.82) is 0 Å². The van der Waals surface area contributed by atoms with Gasteiger partial charge in [-0.05, 0) is 37.6 Å². The maximum atomic E-state index is 6.04. The Kier molecular flexibility index (Phi) is 3.73. The molecule has 0 aromatic heterocycles. The molecule has 2 N–H and O–H groups in total. The molecule has 1 aliphatic heterocycles. The van der Waals surface area contributed by atoms with Gasteiger partial charge < -0.3 is 10.6 Å². The molecule has 2 nitrogen and oxygen atoms in total. The van der Waals surface area contributed by atoms with E-state index >= 15 is 0 Å². The number of nitrogens with one attached hydrogen (secondary N) is 2. The molecule has 4 heteroatoms. The first-order valence-electron chi connectivity index (χ1n) is 5.18. The van der Waals surface area contributed by atoms with E-state index in [1.54, 1.807) is 6.07 Å². The summed E-state index contributed by atoms with van der Waals surface area (Å²) < 4.78 is 0. The molecular weight excluding hydrogens is 231 g/mol. The molecule has 0 spiro atoms. The lowest BCUT2D eigenvalue weighted by molar-refractivity contribution is 0.633. The minimum atomic E-state index is 0.556. The second kappa shape index (κ2) is 5.06. The highest BCUT2D eigenvalue weighted by atomic mass is 35.5. The zero-order valence-electron chi connectivity index (χ0n) is 8.39. The molecular formula is C11H14Cl2N2. The van der Waals surface area contributed by atoms with Gasteiger partial charge in [-0.2, -0.15) is 0 Å². The molecule has 1 aromatic rings. The Hall–Kier alpha value is -0.440. The molecule has 1 saturated heterocycles. The van der Waals surface area contributed by atoms with Gasteiger partial charge in [0.1, 0.15) is 0 Å². The second-order valence-electron chi connectivity index (χ2n) is 3.80. The van der Waals surface area contributed by atoms with Crippen LogP contribution in [0.1, 0.15) is 12.8 Å². The second-order valence-corrected chi connectivity index (χ2v) is 4.64. The summed E-state index contributed by atoms with van der Waals surface area (Å²) in [5.74, 6) is 0. The Morgan fingerprint density at radius 2 is 2.27 bits per heavy atom. The summed E-state index contributed by atoms with van der Waals surface area (Å²) in [5.41, 5.74) is 0.915. The van der Waals surface area contributed by atoms with E-state index in [1.807, 2.05) is 12.1 Å². The Morgan fingerprint density at radius 1 is 1.40 bits per heavy atom. The first kappa shape index (κ1) is 11.1. The van der Waals surface area contributed by atoms with Gasteiger partial charge in [-0.15, -0.1) is 0 Å². The van der Waals surface area contributed by atoms with E-state index in [-0.39, 0.29) is 0 Å². The molecule has 1 aromatic carbocycles. The van der Waals surface area contributed by atoms with Crippen LogP contribution in [0.2, 0.25) is 10.0 Å². The van der Waals surface area contributed by atoms with Crippen molar-refractivity contribution in [3.05, 3.63) is 28.2 Å². The van der Waals surface area contributed by atoms with E-state index < -0.39 is 0 Å². The van der Waals surface area contributed by atoms with Gasteiger partial charge in [0.25, 0.3) is 0 Å². The highest BCUT2D eigenvalue weighted by molar-refractivity contribution is 6.35. The first-order valence-corrected chi connectivity index (χ1v) is 5.93. The lowest BCUT2D eigenvalue weighted by atomic mass is 10.2. The molecule has 1 heterocycles. The summed E-state index contributed by atoms with van der Waals surface area (Å²) in [4.78, 5) is 0. The third kappa shape index (κ3) is 3.00. The average molecular weight is 245 g/mol. The first-order chi connectivity index (χ1) is 7.25. The van der Waals surface area contributed by atoms with Crippen molar-refractivity contribution in [2.75, 3.05) is 18.4 Å². The molecule has 1 aliphatic rings. The molecule has 0 bridgehead atoms. The molecule has 0 radical (unpaired) electrons. The van der Waals surface area contributed by atoms with Crippen LogP contribution in [0.4, 0.5) is 5.69 Å². The number of hydrogen-bond acceptors (Lipinski definition) is 2. The largest absolute Gasteiger partial charge is 0.382 e. The van der Waals surface area contributed by atoms with Crippen molar-refractivity contribution < 1.29 is 0 Å². The van der Waals surface area contributed by atoms with Crippen LogP contribution in [0.25, 0.3) is 0 Å². The summed E-state index contributed by atoms with van der Waals surface area (Å²) in [6.07, 6.45) is 2.49. The molecule has 0 saturated carbocycles. The summed E-state index contributed by atoms with van der Waals surface area (Å²) >= 11 is 11.9. The minimum Gasteiger partial charge on any atom is -0.382 e. The topological polar surface area (TPSA) is 24.1 Å². The van der Waals surface area contributed by atoms with Crippen LogP contribution >= 0.6 is 23.2 Å². The van der Waals surface area contributed by atoms with Gasteiger partial charge in [0.05, 0.1) is 10.7 Å². The van der Waals surface area contributed by atoms with Crippen LogP contribution < -0.4 is 10.6 Å². The predicted molar refractivity (Wildman–Crippen MR) is 66.0 cm³/mol. The fraction of sp³-hybridized carbons (Fsp3) is 0.455. The molecule has 15 heavy (non-hydrogen) atoms. The third-order valence-corrected chi connectivity index (χ3v) is 3.19. The van der Waals surface area contributed by atoms with Crippen molar-refractivity contribution in [1.82, 2.24) is 5.32 Å². The smallest absolute Gasteiger partial charge is 0.0638 e. The lowest BCUT2D eigenvalue weighted by Gasteiger charge is -2.13. The molecule has 1 fully saturated rings. The molecule has 0 amide bonds. The highest BCUT2D eigenvalue weighted by Crippen LogP contribution is 2.25. The van der Waals surface area contributed by atoms with Gasteiger partial charge in [0, 0.05) is 17.6 Å². The van der Waals surface area contributed by atoms with Crippen molar-refractivity contribution >= 4 is 28.9 Å². The van der Waals surface area contributed by atoms with E-state index in [9.17, 15) is 0 Å². The summed E-state index contributed by atoms with van der Waals surface area (Å²) in [7, 11) is 0. The molecule has 2 rings (SSSR count). The summed E-state index contributed by atoms with van der Waals surface area (Å²) in [6, 6.07) is 6.02. The van der Waals surface area contributed by atoms with Crippen molar-refractivity contribution in [2.45, 2.75) is 18.9 Å². The van der Waals surface area contributed by atoms with E-state index in [0.717, 1.165) is 23.8 Å². The highest BCUT2D eigenvalue weighted by Gasteiger charge is 2.13. The van der Waals surface area contributed by atoms with E-state index in [4.69, 9.17) is 23.2 Å². The fourth-order valence-electron chi connectivity index (χ4n) is 1.80. The standard InChI is InChI=1S/C11H14Cl2N2/c12-8-3-4-10(13)11(6-8)15-7-9-2-1-5-14-9/h3-4,6,9,14-15H,1-2,5,7H2. The Morgan fingerprint density at radius 3 is 3.00 bits per heavy atom. The third-order valence-electron chi connectivity index (χ3n) is 2.63. The number of halogens is 2. The average Bonchev–Trinajstić information content (AvgIpc) is 2.72. The van der Waals surface area contributed by atoms with Crippen molar-refractivity contribution in [2.24, 2.45) is 0 Å². The zero-order chi connectivity index (χ0) is 10.7. The van der Waals surface area contributed by atoms with Gasteiger partial charge in [-0.3, -0.25) is 0 Å². The summed E-state index contributed by atoms with van der Waals surface area (Å²) in [6.45, 7) is 2.02. The quantitative estimate of drug-likeness (QED) is 0.854. The maximum absolute atomic E-state index is 6.04. The SMILES string of the molecule is Clc1ccc(Cl)c(NCC2CCCN2)c1. The Labute approximate surface area is 100.0 Å². The number of anilines is 1. The zero-order valence-corrected chi connectivity index (χ0v) is 9.91. The fourth-order valence-corrected chi connectivity index (χ4v) is 2.15. The molecule has 1 atom stereocenters. The van der Waals surface area contributed by atoms with Crippen LogP contribution in [0.15, 0.2) is 18.2 Å². The van der Waals surface area contributed by atoms with Gasteiger partial charge in [0.2, 0.25) is 0 Å². The normalized spacial score (nSPS) is 20.5. The number of rotatable bonds is 3. The van der Waals surface area contributed by atoms with Gasteiger partial charge in [-0.1, -0.05) is 23.2 Å². The minimum absolute atomic E-state index is 0.556. The van der Waals surface area contributed by atoms with Crippen LogP contribution in [0.5, 0.6) is 0 Å². The van der Waals surface area contributed by atoms with Crippen LogP contribution in [-0.2, 0) is 0 Å². The van der Waals surface area contributed by atoms with Crippen LogP contribution in [0, 0.1) is 0 Å². The molecule has 1 unspecified atom stereocenters. The number of benzene rings is 1. The van der Waals surface area contributed by atoms with Crippen molar-refractivity contribution in [3.8, 4) is 0 Å². The maximum Gasteiger partial charge on any atom is 0.0638 e. The molecule has 0 aliphatic carbocycles. The van der Waals surface area contributed by atoms with Crippen LogP contribution in [-0.4, -0.2) is 19.1 Å². The monoisotopic (exact) mass is 244 g/mol. The lowest BCUT2D eigenvalue weighted by Crippen LogP contribution is -2.29. The number of hydrogen-bond donors (Lipinski definition) is 2. The van der Waals surface area contributed by atoms with E-state index in [2.05, 4.69) is 10.6 Å².